The molecule has 2 heterocycles. The van der Waals surface area contributed by atoms with Crippen LogP contribution in [0.25, 0.3) is 5.13 Å². The molecule has 0 atom stereocenters. The van der Waals surface area contributed by atoms with Crippen LogP contribution < -0.4 is 10.9 Å². The Bertz CT molecular complexity index is 830. The number of hydrogen-bond acceptors (Lipinski definition) is 5. The highest BCUT2D eigenvalue weighted by Crippen LogP contribution is 2.23. The van der Waals surface area contributed by atoms with Gasteiger partial charge in [0.25, 0.3) is 12.3 Å². The van der Waals surface area contributed by atoms with Gasteiger partial charge in [0.05, 0.1) is 11.3 Å². The lowest BCUT2D eigenvalue weighted by molar-refractivity contribution is 0.0948. The molecule has 24 heavy (non-hydrogen) atoms. The fraction of sp³-hybridized carbons (Fsp3) is 0.133. The number of aryl methyl sites for hydroxylation is 1. The summed E-state index contributed by atoms with van der Waals surface area (Å²) in [5, 5.41) is 5.86. The molecule has 0 spiro atoms. The number of amides is 1. The van der Waals surface area contributed by atoms with Crippen LogP contribution in [0, 0.1) is 6.92 Å². The summed E-state index contributed by atoms with van der Waals surface area (Å²) in [6.45, 7) is 1.93. The van der Waals surface area contributed by atoms with Gasteiger partial charge in [-0.05, 0) is 19.1 Å². The van der Waals surface area contributed by atoms with Crippen molar-refractivity contribution < 1.29 is 13.6 Å². The van der Waals surface area contributed by atoms with Gasteiger partial charge in [-0.25, -0.2) is 18.4 Å². The molecule has 6 nitrogen and oxygen atoms in total. The minimum Gasteiger partial charge on any atom is -0.298 e. The number of rotatable bonds is 5. The Morgan fingerprint density at radius 1 is 1.29 bits per heavy atom. The van der Waals surface area contributed by atoms with E-state index < -0.39 is 18.0 Å². The predicted molar refractivity (Wildman–Crippen MR) is 86.5 cm³/mol. The minimum atomic E-state index is -2.87. The first kappa shape index (κ1) is 16.1. The van der Waals surface area contributed by atoms with E-state index in [0.717, 1.165) is 5.56 Å². The van der Waals surface area contributed by atoms with Gasteiger partial charge >= 0.3 is 0 Å². The summed E-state index contributed by atoms with van der Waals surface area (Å²) < 4.78 is 27.5. The van der Waals surface area contributed by atoms with Crippen molar-refractivity contribution in [2.24, 2.45) is 0 Å². The summed E-state index contributed by atoms with van der Waals surface area (Å²) in [6, 6.07) is 7.25. The summed E-state index contributed by atoms with van der Waals surface area (Å²) in [5.74, 6) is -0.700. The van der Waals surface area contributed by atoms with Gasteiger partial charge in [-0.3, -0.25) is 15.6 Å². The molecule has 3 aromatic rings. The number of thiazole rings is 1. The zero-order chi connectivity index (χ0) is 17.1. The SMILES string of the molecule is Cc1ccc(NNC(=O)c2cn(-c3nccs3)nc2C(F)F)cc1. The monoisotopic (exact) mass is 349 g/mol. The number of anilines is 1. The molecule has 124 valence electrons. The third kappa shape index (κ3) is 3.40. The average molecular weight is 349 g/mol. The number of benzene rings is 1. The Hall–Kier alpha value is -2.81. The van der Waals surface area contributed by atoms with E-state index in [0.29, 0.717) is 10.8 Å². The molecular weight excluding hydrogens is 336 g/mol. The molecule has 0 saturated heterocycles. The Labute approximate surface area is 140 Å². The van der Waals surface area contributed by atoms with Gasteiger partial charge in [-0.1, -0.05) is 17.7 Å². The number of nitrogens with zero attached hydrogens (tertiary/aromatic N) is 3. The Kier molecular flexibility index (Phi) is 4.52. The van der Waals surface area contributed by atoms with Gasteiger partial charge in [0.2, 0.25) is 5.13 Å². The highest BCUT2D eigenvalue weighted by atomic mass is 32.1. The lowest BCUT2D eigenvalue weighted by atomic mass is 10.2. The van der Waals surface area contributed by atoms with E-state index in [1.807, 2.05) is 19.1 Å². The van der Waals surface area contributed by atoms with Crippen LogP contribution in [-0.2, 0) is 0 Å². The van der Waals surface area contributed by atoms with Gasteiger partial charge in [-0.2, -0.15) is 5.10 Å². The summed E-state index contributed by atoms with van der Waals surface area (Å²) in [6.07, 6.45) is -0.0964. The Morgan fingerprint density at radius 3 is 2.67 bits per heavy atom. The van der Waals surface area contributed by atoms with Crippen LogP contribution in [0.15, 0.2) is 42.0 Å². The summed E-state index contributed by atoms with van der Waals surface area (Å²) in [4.78, 5) is 16.2. The van der Waals surface area contributed by atoms with Crippen LogP contribution in [0.2, 0.25) is 0 Å². The molecule has 2 N–H and O–H groups in total. The quantitative estimate of drug-likeness (QED) is 0.693. The molecule has 0 aliphatic rings. The normalized spacial score (nSPS) is 10.8. The second-order valence-electron chi connectivity index (χ2n) is 4.93. The fourth-order valence-electron chi connectivity index (χ4n) is 1.98. The van der Waals surface area contributed by atoms with Gasteiger partial charge in [0.1, 0.15) is 5.69 Å². The molecule has 0 unspecified atom stereocenters. The summed E-state index contributed by atoms with van der Waals surface area (Å²) in [5.41, 5.74) is 5.99. The van der Waals surface area contributed by atoms with Gasteiger partial charge < -0.3 is 0 Å². The van der Waals surface area contributed by atoms with E-state index in [-0.39, 0.29) is 5.56 Å². The highest BCUT2D eigenvalue weighted by molar-refractivity contribution is 7.12. The number of hydrazine groups is 1. The molecular formula is C15H13F2N5OS. The molecule has 2 aromatic heterocycles. The van der Waals surface area contributed by atoms with Gasteiger partial charge in [0, 0.05) is 17.8 Å². The lowest BCUT2D eigenvalue weighted by Gasteiger charge is -2.08. The van der Waals surface area contributed by atoms with Crippen LogP contribution >= 0.6 is 11.3 Å². The van der Waals surface area contributed by atoms with Crippen molar-refractivity contribution in [1.82, 2.24) is 20.2 Å². The first-order valence-corrected chi connectivity index (χ1v) is 7.83. The molecule has 0 fully saturated rings. The zero-order valence-corrected chi connectivity index (χ0v) is 13.3. The van der Waals surface area contributed by atoms with Crippen LogP contribution in [0.5, 0.6) is 0 Å². The first-order chi connectivity index (χ1) is 11.5. The number of carbonyl (C=O) groups is 1. The van der Waals surface area contributed by atoms with Crippen molar-refractivity contribution in [3.05, 3.63) is 58.9 Å². The van der Waals surface area contributed by atoms with Crippen LogP contribution in [0.1, 0.15) is 28.0 Å². The molecule has 9 heteroatoms. The van der Waals surface area contributed by atoms with Crippen LogP contribution in [0.4, 0.5) is 14.5 Å². The molecule has 0 aliphatic heterocycles. The van der Waals surface area contributed by atoms with Crippen molar-refractivity contribution in [1.29, 1.82) is 0 Å². The largest absolute Gasteiger partial charge is 0.298 e. The number of carbonyl (C=O) groups excluding carboxylic acids is 1. The third-order valence-electron chi connectivity index (χ3n) is 3.18. The summed E-state index contributed by atoms with van der Waals surface area (Å²) >= 11 is 1.23. The maximum absolute atomic E-state index is 13.2. The lowest BCUT2D eigenvalue weighted by Crippen LogP contribution is -2.29. The number of alkyl halides is 2. The van der Waals surface area contributed by atoms with Crippen LogP contribution in [0.3, 0.4) is 0 Å². The smallest absolute Gasteiger partial charge is 0.282 e. The Morgan fingerprint density at radius 2 is 2.04 bits per heavy atom. The van der Waals surface area contributed by atoms with E-state index in [1.54, 1.807) is 17.5 Å². The molecule has 3 rings (SSSR count). The van der Waals surface area contributed by atoms with Gasteiger partial charge in [0.15, 0.2) is 0 Å². The maximum Gasteiger partial charge on any atom is 0.282 e. The number of aromatic nitrogens is 3. The third-order valence-corrected chi connectivity index (χ3v) is 3.94. The zero-order valence-electron chi connectivity index (χ0n) is 12.5. The highest BCUT2D eigenvalue weighted by Gasteiger charge is 2.24. The standard InChI is InChI=1S/C15H13F2N5OS/c1-9-2-4-10(5-3-9)19-20-14(23)11-8-22(15-18-6-7-24-15)21-12(11)13(16)17/h2-8,13,19H,1H3,(H,20,23). The van der Waals surface area contributed by atoms with Crippen molar-refractivity contribution in [2.75, 3.05) is 5.43 Å². The van der Waals surface area contributed by atoms with Crippen molar-refractivity contribution in [2.45, 2.75) is 13.3 Å². The second-order valence-corrected chi connectivity index (χ2v) is 5.81. The molecule has 0 aliphatic carbocycles. The molecule has 1 amide bonds. The average Bonchev–Trinajstić information content (AvgIpc) is 3.23. The van der Waals surface area contributed by atoms with Crippen molar-refractivity contribution in [3.8, 4) is 5.13 Å². The van der Waals surface area contributed by atoms with E-state index in [4.69, 9.17) is 0 Å². The van der Waals surface area contributed by atoms with Gasteiger partial charge in [-0.15, -0.1) is 11.3 Å². The minimum absolute atomic E-state index is 0.209. The topological polar surface area (TPSA) is 71.8 Å². The van der Waals surface area contributed by atoms with E-state index in [1.165, 1.54) is 28.4 Å². The van der Waals surface area contributed by atoms with Crippen molar-refractivity contribution in [3.63, 3.8) is 0 Å². The molecule has 0 bridgehead atoms. The summed E-state index contributed by atoms with van der Waals surface area (Å²) in [7, 11) is 0. The first-order valence-electron chi connectivity index (χ1n) is 6.95. The molecule has 1 aromatic carbocycles. The van der Waals surface area contributed by atoms with Crippen LogP contribution in [-0.4, -0.2) is 20.7 Å². The molecule has 0 saturated carbocycles. The predicted octanol–water partition coefficient (Wildman–Crippen LogP) is 3.33. The van der Waals surface area contributed by atoms with E-state index in [9.17, 15) is 13.6 Å². The maximum atomic E-state index is 13.2. The molecule has 0 radical (unpaired) electrons. The Balaban J connectivity index is 1.79. The van der Waals surface area contributed by atoms with E-state index >= 15 is 0 Å². The fourth-order valence-corrected chi connectivity index (χ4v) is 2.55. The van der Waals surface area contributed by atoms with Crippen molar-refractivity contribution >= 4 is 22.9 Å². The number of nitrogens with one attached hydrogen (secondary N) is 2. The number of hydrogen-bond donors (Lipinski definition) is 2. The van der Waals surface area contributed by atoms with E-state index in [2.05, 4.69) is 20.9 Å². The second kappa shape index (κ2) is 6.75. The number of halogens is 2.